The third kappa shape index (κ3) is 10.4. The van der Waals surface area contributed by atoms with Crippen molar-refractivity contribution in [1.82, 2.24) is 15.5 Å². The Balaban J connectivity index is 2.59. The summed E-state index contributed by atoms with van der Waals surface area (Å²) in [7, 11) is 0. The van der Waals surface area contributed by atoms with Crippen molar-refractivity contribution >= 4 is 17.9 Å². The monoisotopic (exact) mass is 537 g/mol. The lowest BCUT2D eigenvalue weighted by molar-refractivity contribution is -0.142. The van der Waals surface area contributed by atoms with E-state index in [1.807, 2.05) is 76.2 Å². The number of hydrogen-bond donors (Lipinski definition) is 2. The molecule has 2 aromatic carbocycles. The van der Waals surface area contributed by atoms with Crippen LogP contribution in [0, 0.1) is 13.8 Å². The molecule has 7 heteroatoms. The van der Waals surface area contributed by atoms with Crippen molar-refractivity contribution in [1.29, 1.82) is 0 Å². The molecule has 0 radical (unpaired) electrons. The highest BCUT2D eigenvalue weighted by Crippen LogP contribution is 2.28. The van der Waals surface area contributed by atoms with Crippen LogP contribution in [0.5, 0.6) is 0 Å². The fraction of sp³-hybridized carbons (Fsp3) is 0.531. The molecule has 7 nitrogen and oxygen atoms in total. The van der Waals surface area contributed by atoms with Gasteiger partial charge in [-0.05, 0) is 71.6 Å². The number of alkyl carbamates (subject to hydrolysis) is 1. The van der Waals surface area contributed by atoms with Crippen molar-refractivity contribution < 1.29 is 19.1 Å². The highest BCUT2D eigenvalue weighted by molar-refractivity contribution is 5.92. The van der Waals surface area contributed by atoms with Crippen LogP contribution >= 0.6 is 0 Å². The van der Waals surface area contributed by atoms with Crippen LogP contribution in [0.1, 0.15) is 89.1 Å². The third-order valence-electron chi connectivity index (χ3n) is 6.28. The Morgan fingerprint density at radius 1 is 0.949 bits per heavy atom. The van der Waals surface area contributed by atoms with Crippen LogP contribution < -0.4 is 10.6 Å². The lowest BCUT2D eigenvalue weighted by atomic mass is 9.95. The molecule has 0 fully saturated rings. The van der Waals surface area contributed by atoms with Crippen molar-refractivity contribution in [3.05, 3.63) is 70.8 Å². The summed E-state index contributed by atoms with van der Waals surface area (Å²) in [6.45, 7) is 15.6. The van der Waals surface area contributed by atoms with Crippen LogP contribution in [-0.4, -0.2) is 47.0 Å². The number of unbranched alkanes of at least 4 members (excludes halogenated alkanes) is 2. The molecule has 0 saturated carbocycles. The minimum Gasteiger partial charge on any atom is -0.444 e. The quantitative estimate of drug-likeness (QED) is 0.324. The summed E-state index contributed by atoms with van der Waals surface area (Å²) in [5.41, 5.74) is 2.90. The maximum atomic E-state index is 14.4. The van der Waals surface area contributed by atoms with Gasteiger partial charge in [-0.15, -0.1) is 0 Å². The van der Waals surface area contributed by atoms with Gasteiger partial charge >= 0.3 is 6.09 Å². The number of nitrogens with one attached hydrogen (secondary N) is 2. The fourth-order valence-corrected chi connectivity index (χ4v) is 4.47. The molecule has 2 unspecified atom stereocenters. The second kappa shape index (κ2) is 14.7. The molecule has 0 saturated heterocycles. The molecular formula is C32H47N3O4. The van der Waals surface area contributed by atoms with Gasteiger partial charge in [0.15, 0.2) is 0 Å². The van der Waals surface area contributed by atoms with Crippen molar-refractivity contribution in [3.8, 4) is 0 Å². The predicted molar refractivity (Wildman–Crippen MR) is 156 cm³/mol. The minimum absolute atomic E-state index is 0.0993. The zero-order valence-corrected chi connectivity index (χ0v) is 25.0. The standard InChI is InChI=1S/C32H47N3O4/c1-9-10-14-19-35(28(29(36)33-22(2)3)26-20-23(4)17-18-24(26)5)30(37)27(21-25-15-12-11-13-16-25)34-31(38)39-32(6,7)8/h11-13,15-18,20,22,27-28H,9-10,14,19,21H2,1-8H3,(H,33,36)(H,34,38). The van der Waals surface area contributed by atoms with E-state index in [0.717, 1.165) is 41.5 Å². The average Bonchev–Trinajstić information content (AvgIpc) is 2.83. The van der Waals surface area contributed by atoms with Gasteiger partial charge < -0.3 is 20.3 Å². The van der Waals surface area contributed by atoms with Gasteiger partial charge in [0, 0.05) is 19.0 Å². The Morgan fingerprint density at radius 3 is 2.21 bits per heavy atom. The lowest BCUT2D eigenvalue weighted by Crippen LogP contribution is -2.54. The first-order valence-electron chi connectivity index (χ1n) is 14.0. The molecular weight excluding hydrogens is 490 g/mol. The molecule has 2 N–H and O–H groups in total. The van der Waals surface area contributed by atoms with Crippen LogP contribution in [0.2, 0.25) is 0 Å². The summed E-state index contributed by atoms with van der Waals surface area (Å²) in [6.07, 6.45) is 2.23. The number of carbonyl (C=O) groups is 3. The number of amides is 3. The molecule has 0 aliphatic rings. The van der Waals surface area contributed by atoms with E-state index >= 15 is 0 Å². The van der Waals surface area contributed by atoms with E-state index in [0.29, 0.717) is 6.54 Å². The zero-order chi connectivity index (χ0) is 29.2. The lowest BCUT2D eigenvalue weighted by Gasteiger charge is -2.35. The first kappa shape index (κ1) is 31.9. The molecule has 3 amide bonds. The molecule has 0 bridgehead atoms. The van der Waals surface area contributed by atoms with Gasteiger partial charge in [-0.3, -0.25) is 9.59 Å². The molecule has 0 aromatic heterocycles. The van der Waals surface area contributed by atoms with Gasteiger partial charge in [-0.1, -0.05) is 73.9 Å². The van der Waals surface area contributed by atoms with Crippen molar-refractivity contribution in [2.75, 3.05) is 6.54 Å². The van der Waals surface area contributed by atoms with Crippen molar-refractivity contribution in [2.24, 2.45) is 0 Å². The normalized spacial score (nSPS) is 12.9. The number of aryl methyl sites for hydroxylation is 2. The van der Waals surface area contributed by atoms with Crippen LogP contribution in [0.3, 0.4) is 0 Å². The van der Waals surface area contributed by atoms with E-state index < -0.39 is 23.8 Å². The Hall–Kier alpha value is -3.35. The Morgan fingerprint density at radius 2 is 1.62 bits per heavy atom. The van der Waals surface area contributed by atoms with E-state index in [1.54, 1.807) is 25.7 Å². The largest absolute Gasteiger partial charge is 0.444 e. The Bertz CT molecular complexity index is 1090. The number of ether oxygens (including phenoxy) is 1. The fourth-order valence-electron chi connectivity index (χ4n) is 4.47. The predicted octanol–water partition coefficient (Wildman–Crippen LogP) is 6.02. The van der Waals surface area contributed by atoms with Gasteiger partial charge in [-0.25, -0.2) is 4.79 Å². The van der Waals surface area contributed by atoms with Crippen LogP contribution in [0.4, 0.5) is 4.79 Å². The molecule has 0 aliphatic heterocycles. The second-order valence-corrected chi connectivity index (χ2v) is 11.6. The third-order valence-corrected chi connectivity index (χ3v) is 6.28. The molecule has 214 valence electrons. The van der Waals surface area contributed by atoms with Gasteiger partial charge in [0.1, 0.15) is 17.7 Å². The zero-order valence-electron chi connectivity index (χ0n) is 25.0. The molecule has 2 aromatic rings. The Kier molecular flexibility index (Phi) is 12.0. The minimum atomic E-state index is -0.914. The smallest absolute Gasteiger partial charge is 0.408 e. The van der Waals surface area contributed by atoms with E-state index in [1.165, 1.54) is 0 Å². The summed E-state index contributed by atoms with van der Waals surface area (Å²) >= 11 is 0. The highest BCUT2D eigenvalue weighted by Gasteiger charge is 2.37. The van der Waals surface area contributed by atoms with Crippen LogP contribution in [0.25, 0.3) is 0 Å². The van der Waals surface area contributed by atoms with Crippen molar-refractivity contribution in [3.63, 3.8) is 0 Å². The molecule has 39 heavy (non-hydrogen) atoms. The summed E-state index contributed by atoms with van der Waals surface area (Å²) in [4.78, 5) is 42.7. The van der Waals surface area contributed by atoms with E-state index in [-0.39, 0.29) is 24.3 Å². The highest BCUT2D eigenvalue weighted by atomic mass is 16.6. The molecule has 0 aliphatic carbocycles. The van der Waals surface area contributed by atoms with Gasteiger partial charge in [-0.2, -0.15) is 0 Å². The molecule has 0 spiro atoms. The van der Waals surface area contributed by atoms with Crippen LogP contribution in [-0.2, 0) is 20.7 Å². The van der Waals surface area contributed by atoms with Crippen molar-refractivity contribution in [2.45, 2.75) is 105 Å². The summed E-state index contributed by atoms with van der Waals surface area (Å²) in [5, 5.41) is 5.85. The summed E-state index contributed by atoms with van der Waals surface area (Å²) < 4.78 is 5.51. The van der Waals surface area contributed by atoms with Gasteiger partial charge in [0.25, 0.3) is 0 Å². The second-order valence-electron chi connectivity index (χ2n) is 11.6. The number of rotatable bonds is 12. The number of hydrogen-bond acceptors (Lipinski definition) is 4. The maximum absolute atomic E-state index is 14.4. The molecule has 2 rings (SSSR count). The van der Waals surface area contributed by atoms with E-state index in [4.69, 9.17) is 4.74 Å². The average molecular weight is 538 g/mol. The number of benzene rings is 2. The maximum Gasteiger partial charge on any atom is 0.408 e. The Labute approximate surface area is 234 Å². The molecule has 0 heterocycles. The topological polar surface area (TPSA) is 87.7 Å². The number of nitrogens with zero attached hydrogens (tertiary/aromatic N) is 1. The van der Waals surface area contributed by atoms with Gasteiger partial charge in [0.05, 0.1) is 0 Å². The van der Waals surface area contributed by atoms with E-state index in [2.05, 4.69) is 17.6 Å². The van der Waals surface area contributed by atoms with Crippen LogP contribution in [0.15, 0.2) is 48.5 Å². The summed E-state index contributed by atoms with van der Waals surface area (Å²) in [5.74, 6) is -0.551. The van der Waals surface area contributed by atoms with E-state index in [9.17, 15) is 14.4 Å². The molecule has 2 atom stereocenters. The first-order valence-corrected chi connectivity index (χ1v) is 14.0. The SMILES string of the molecule is CCCCCN(C(=O)C(Cc1ccccc1)NC(=O)OC(C)(C)C)C(C(=O)NC(C)C)c1cc(C)ccc1C. The summed E-state index contributed by atoms with van der Waals surface area (Å²) in [6, 6.07) is 13.7. The number of carbonyl (C=O) groups excluding carboxylic acids is 3. The van der Waals surface area contributed by atoms with Gasteiger partial charge in [0.2, 0.25) is 11.8 Å². The first-order chi connectivity index (χ1) is 18.3.